The highest BCUT2D eigenvalue weighted by atomic mass is 19.2. The fourth-order valence-electron chi connectivity index (χ4n) is 8.53. The van der Waals surface area contributed by atoms with E-state index >= 15 is 8.78 Å². The standard InChI is InChI=1S/C41H41F4N5O5/c1-24-15-27(11-14-50(24)40(51)53-21-25-7-4-3-5-8-25)36-31-19-46-37(30-17-29(55-23-52-2)16-26-9-10-32(43)34(44)33(26)30)35(45)38(31)48-39(47-36)54-22-41-12-6-13-49(41)20-28(42)18-41/h3-5,7-10,16-17,19,24,27-28H,6,11-15,18,20-23H2,1-2H3/t24-,27?,28+,41-/m0/s1. The summed E-state index contributed by atoms with van der Waals surface area (Å²) in [4.78, 5) is 30.8. The summed E-state index contributed by atoms with van der Waals surface area (Å²) in [5, 5.41) is 0.408. The van der Waals surface area contributed by atoms with Crippen LogP contribution < -0.4 is 9.47 Å². The molecule has 3 fully saturated rings. The quantitative estimate of drug-likeness (QED) is 0.103. The number of ether oxygens (including phenoxy) is 4. The van der Waals surface area contributed by atoms with Gasteiger partial charge in [0, 0.05) is 61.1 Å². The van der Waals surface area contributed by atoms with Crippen molar-refractivity contribution in [2.75, 3.05) is 40.1 Å². The number of pyridine rings is 1. The molecule has 2 aromatic heterocycles. The predicted molar refractivity (Wildman–Crippen MR) is 196 cm³/mol. The summed E-state index contributed by atoms with van der Waals surface area (Å²) in [6.07, 6.45) is 2.97. The zero-order chi connectivity index (χ0) is 38.3. The molecule has 55 heavy (non-hydrogen) atoms. The Morgan fingerprint density at radius 1 is 1.02 bits per heavy atom. The van der Waals surface area contributed by atoms with E-state index in [4.69, 9.17) is 23.9 Å². The van der Waals surface area contributed by atoms with Gasteiger partial charge in [0.15, 0.2) is 24.2 Å². The third kappa shape index (κ3) is 7.13. The number of carbonyl (C=O) groups is 1. The highest BCUT2D eigenvalue weighted by Gasteiger charge is 2.49. The number of fused-ring (bicyclic) bond motifs is 3. The normalized spacial score (nSPS) is 22.7. The number of halogens is 4. The van der Waals surface area contributed by atoms with E-state index in [-0.39, 0.29) is 71.3 Å². The van der Waals surface area contributed by atoms with Crippen LogP contribution in [0.15, 0.2) is 60.8 Å². The van der Waals surface area contributed by atoms with Gasteiger partial charge in [-0.25, -0.2) is 22.4 Å². The van der Waals surface area contributed by atoms with E-state index in [2.05, 4.69) is 14.9 Å². The first kappa shape index (κ1) is 36.9. The van der Waals surface area contributed by atoms with Crippen LogP contribution in [0.5, 0.6) is 11.8 Å². The van der Waals surface area contributed by atoms with Crippen molar-refractivity contribution < 1.29 is 41.3 Å². The number of piperidine rings is 1. The Labute approximate surface area is 315 Å². The van der Waals surface area contributed by atoms with Gasteiger partial charge < -0.3 is 23.8 Å². The van der Waals surface area contributed by atoms with Crippen molar-refractivity contribution >= 4 is 27.8 Å². The molecule has 4 atom stereocenters. The highest BCUT2D eigenvalue weighted by molar-refractivity contribution is 5.99. The van der Waals surface area contributed by atoms with Crippen molar-refractivity contribution in [3.8, 4) is 23.0 Å². The molecule has 0 N–H and O–H groups in total. The SMILES string of the molecule is COCOc1cc(-c2ncc3c(C4CCN(C(=O)OCc5ccccc5)[C@@H](C)C4)nc(OC[C@@]45CCCN4C[C@H](F)C5)nc3c2F)c2c(F)c(F)ccc2c1. The molecule has 5 heterocycles. The molecule has 3 aliphatic heterocycles. The number of hydrogen-bond acceptors (Lipinski definition) is 9. The minimum Gasteiger partial charge on any atom is -0.468 e. The predicted octanol–water partition coefficient (Wildman–Crippen LogP) is 8.10. The smallest absolute Gasteiger partial charge is 0.410 e. The van der Waals surface area contributed by atoms with Crippen LogP contribution in [-0.2, 0) is 16.1 Å². The van der Waals surface area contributed by atoms with Crippen molar-refractivity contribution in [1.29, 1.82) is 0 Å². The van der Waals surface area contributed by atoms with Crippen molar-refractivity contribution in [2.24, 2.45) is 0 Å². The van der Waals surface area contributed by atoms with Gasteiger partial charge in [-0.15, -0.1) is 0 Å². The van der Waals surface area contributed by atoms with E-state index in [9.17, 15) is 13.6 Å². The highest BCUT2D eigenvalue weighted by Crippen LogP contribution is 2.42. The van der Waals surface area contributed by atoms with Gasteiger partial charge in [0.2, 0.25) is 0 Å². The lowest BCUT2D eigenvalue weighted by atomic mass is 9.87. The van der Waals surface area contributed by atoms with Gasteiger partial charge in [-0.1, -0.05) is 36.4 Å². The number of nitrogens with zero attached hydrogens (tertiary/aromatic N) is 5. The zero-order valence-electron chi connectivity index (χ0n) is 30.6. The van der Waals surface area contributed by atoms with E-state index in [1.165, 1.54) is 31.5 Å². The van der Waals surface area contributed by atoms with Crippen molar-refractivity contribution in [3.05, 3.63) is 89.5 Å². The molecule has 1 amide bonds. The van der Waals surface area contributed by atoms with Crippen LogP contribution in [0.3, 0.4) is 0 Å². The number of benzene rings is 3. The first-order valence-corrected chi connectivity index (χ1v) is 18.5. The summed E-state index contributed by atoms with van der Waals surface area (Å²) >= 11 is 0. The number of likely N-dealkylation sites (tertiary alicyclic amines) is 1. The van der Waals surface area contributed by atoms with E-state index in [1.807, 2.05) is 37.3 Å². The van der Waals surface area contributed by atoms with Gasteiger partial charge in [0.1, 0.15) is 36.3 Å². The monoisotopic (exact) mass is 759 g/mol. The number of rotatable bonds is 10. The summed E-state index contributed by atoms with van der Waals surface area (Å²) in [6.45, 7) is 3.51. The molecule has 8 rings (SSSR count). The van der Waals surface area contributed by atoms with Gasteiger partial charge >= 0.3 is 12.1 Å². The summed E-state index contributed by atoms with van der Waals surface area (Å²) in [5.74, 6) is -3.18. The molecule has 5 aromatic rings. The van der Waals surface area contributed by atoms with Crippen LogP contribution in [0.25, 0.3) is 32.9 Å². The maximum Gasteiger partial charge on any atom is 0.410 e. The molecule has 3 saturated heterocycles. The fraction of sp³-hybridized carbons (Fsp3) is 0.415. The lowest BCUT2D eigenvalue weighted by Crippen LogP contribution is -2.44. The second-order valence-corrected chi connectivity index (χ2v) is 14.7. The Balaban J connectivity index is 1.17. The van der Waals surface area contributed by atoms with Crippen LogP contribution >= 0.6 is 0 Å². The Hall–Kier alpha value is -5.08. The minimum absolute atomic E-state index is 0.0426. The molecule has 3 aromatic carbocycles. The first-order valence-electron chi connectivity index (χ1n) is 18.5. The molecular formula is C41H41F4N5O5. The molecule has 10 nitrogen and oxygen atoms in total. The largest absolute Gasteiger partial charge is 0.468 e. The molecule has 288 valence electrons. The molecule has 3 aliphatic rings. The number of methoxy groups -OCH3 is 1. The van der Waals surface area contributed by atoms with Gasteiger partial charge in [0.25, 0.3) is 0 Å². The molecule has 0 spiro atoms. The fourth-order valence-corrected chi connectivity index (χ4v) is 8.53. The van der Waals surface area contributed by atoms with Crippen LogP contribution in [0, 0.1) is 17.5 Å². The van der Waals surface area contributed by atoms with E-state index in [1.54, 1.807) is 4.90 Å². The molecule has 0 radical (unpaired) electrons. The lowest BCUT2D eigenvalue weighted by molar-refractivity contribution is 0.0512. The number of hydrogen-bond donors (Lipinski definition) is 0. The second-order valence-electron chi connectivity index (χ2n) is 14.7. The molecule has 14 heteroatoms. The summed E-state index contributed by atoms with van der Waals surface area (Å²) < 4.78 is 84.4. The maximum absolute atomic E-state index is 17.1. The Morgan fingerprint density at radius 2 is 1.85 bits per heavy atom. The van der Waals surface area contributed by atoms with Gasteiger partial charge in [-0.05, 0) is 68.3 Å². The zero-order valence-corrected chi connectivity index (χ0v) is 30.6. The van der Waals surface area contributed by atoms with Crippen LogP contribution in [-0.4, -0.2) is 88.7 Å². The second kappa shape index (κ2) is 15.2. The average Bonchev–Trinajstić information content (AvgIpc) is 3.72. The van der Waals surface area contributed by atoms with Crippen molar-refractivity contribution in [1.82, 2.24) is 24.8 Å². The lowest BCUT2D eigenvalue weighted by Gasteiger charge is -2.37. The molecule has 0 saturated carbocycles. The molecule has 0 aliphatic carbocycles. The Bertz CT molecular complexity index is 2230. The average molecular weight is 760 g/mol. The van der Waals surface area contributed by atoms with E-state index < -0.39 is 35.3 Å². The summed E-state index contributed by atoms with van der Waals surface area (Å²) in [5.41, 5.74) is 0.411. The van der Waals surface area contributed by atoms with Gasteiger partial charge in [0.05, 0.1) is 11.2 Å². The third-order valence-electron chi connectivity index (χ3n) is 11.2. The Morgan fingerprint density at radius 3 is 2.65 bits per heavy atom. The number of amides is 1. The van der Waals surface area contributed by atoms with Crippen LogP contribution in [0.4, 0.5) is 22.4 Å². The van der Waals surface area contributed by atoms with Crippen molar-refractivity contribution in [2.45, 2.75) is 69.3 Å². The third-order valence-corrected chi connectivity index (χ3v) is 11.2. The number of alkyl halides is 1. The topological polar surface area (TPSA) is 99.1 Å². The van der Waals surface area contributed by atoms with Crippen LogP contribution in [0.1, 0.15) is 56.2 Å². The number of aromatic nitrogens is 3. The van der Waals surface area contributed by atoms with E-state index in [0.717, 1.165) is 31.0 Å². The van der Waals surface area contributed by atoms with Gasteiger partial charge in [-0.3, -0.25) is 9.88 Å². The van der Waals surface area contributed by atoms with Crippen molar-refractivity contribution in [3.63, 3.8) is 0 Å². The molecular weight excluding hydrogens is 718 g/mol. The number of carbonyl (C=O) groups excluding carboxylic acids is 1. The molecule has 1 unspecified atom stereocenters. The maximum atomic E-state index is 17.1. The minimum atomic E-state index is -1.16. The first-order chi connectivity index (χ1) is 26.6. The van der Waals surface area contributed by atoms with Crippen LogP contribution in [0.2, 0.25) is 0 Å². The molecule has 0 bridgehead atoms. The summed E-state index contributed by atoms with van der Waals surface area (Å²) in [6, 6.07) is 14.4. The van der Waals surface area contributed by atoms with Gasteiger partial charge in [-0.2, -0.15) is 9.97 Å². The van der Waals surface area contributed by atoms with E-state index in [0.29, 0.717) is 43.4 Å². The Kier molecular flexibility index (Phi) is 10.2. The summed E-state index contributed by atoms with van der Waals surface area (Å²) in [7, 11) is 1.44.